The number of primary amides is 1. The maximum Gasteiger partial charge on any atom is 0.250 e. The second kappa shape index (κ2) is 5.69. The van der Waals surface area contributed by atoms with Crippen LogP contribution in [0.4, 0.5) is 0 Å². The number of carbonyl (C=O) groups is 1. The highest BCUT2D eigenvalue weighted by Crippen LogP contribution is 2.30. The SMILES string of the molecule is NC(=O)c1ccc(-c2ccccc2O)nc1-c1ccccc1. The molecule has 4 heteroatoms. The van der Waals surface area contributed by atoms with E-state index in [9.17, 15) is 9.90 Å². The predicted octanol–water partition coefficient (Wildman–Crippen LogP) is 3.22. The molecule has 2 aromatic carbocycles. The largest absolute Gasteiger partial charge is 0.507 e. The van der Waals surface area contributed by atoms with E-state index in [1.807, 2.05) is 36.4 Å². The Hall–Kier alpha value is -3.14. The molecule has 0 aliphatic carbocycles. The average Bonchev–Trinajstić information content (AvgIpc) is 2.55. The first-order chi connectivity index (χ1) is 10.7. The Morgan fingerprint density at radius 2 is 1.59 bits per heavy atom. The van der Waals surface area contributed by atoms with E-state index in [0.29, 0.717) is 22.5 Å². The van der Waals surface area contributed by atoms with Gasteiger partial charge in [0.15, 0.2) is 0 Å². The molecular formula is C18H14N2O2. The summed E-state index contributed by atoms with van der Waals surface area (Å²) >= 11 is 0. The van der Waals surface area contributed by atoms with Crippen LogP contribution in [0.15, 0.2) is 66.7 Å². The molecule has 4 nitrogen and oxygen atoms in total. The fourth-order valence-corrected chi connectivity index (χ4v) is 2.31. The highest BCUT2D eigenvalue weighted by molar-refractivity contribution is 5.99. The Balaban J connectivity index is 2.21. The van der Waals surface area contributed by atoms with Gasteiger partial charge in [0.25, 0.3) is 5.91 Å². The lowest BCUT2D eigenvalue weighted by Gasteiger charge is -2.10. The molecule has 1 amide bonds. The van der Waals surface area contributed by atoms with Crippen LogP contribution in [0.3, 0.4) is 0 Å². The van der Waals surface area contributed by atoms with Gasteiger partial charge in [-0.15, -0.1) is 0 Å². The number of pyridine rings is 1. The molecule has 0 saturated heterocycles. The van der Waals surface area contributed by atoms with E-state index in [1.165, 1.54) is 0 Å². The van der Waals surface area contributed by atoms with Gasteiger partial charge in [-0.2, -0.15) is 0 Å². The predicted molar refractivity (Wildman–Crippen MR) is 85.3 cm³/mol. The number of carbonyl (C=O) groups excluding carboxylic acids is 1. The third-order valence-corrected chi connectivity index (χ3v) is 3.39. The summed E-state index contributed by atoms with van der Waals surface area (Å²) in [6.07, 6.45) is 0. The van der Waals surface area contributed by atoms with Crippen molar-refractivity contribution in [3.05, 3.63) is 72.3 Å². The van der Waals surface area contributed by atoms with Crippen molar-refractivity contribution in [2.24, 2.45) is 5.73 Å². The molecule has 1 heterocycles. The number of amides is 1. The number of nitrogens with zero attached hydrogens (tertiary/aromatic N) is 1. The standard InChI is InChI=1S/C18H14N2O2/c19-18(22)14-10-11-15(13-8-4-5-9-16(13)21)20-17(14)12-6-2-1-3-7-12/h1-11,21H,(H2,19,22). The van der Waals surface area contributed by atoms with Crippen molar-refractivity contribution in [2.75, 3.05) is 0 Å². The van der Waals surface area contributed by atoms with Crippen LogP contribution < -0.4 is 5.73 Å². The molecule has 0 atom stereocenters. The van der Waals surface area contributed by atoms with Crippen LogP contribution in [0, 0.1) is 0 Å². The zero-order chi connectivity index (χ0) is 15.5. The average molecular weight is 290 g/mol. The zero-order valence-electron chi connectivity index (χ0n) is 11.7. The van der Waals surface area contributed by atoms with Crippen LogP contribution in [-0.2, 0) is 0 Å². The van der Waals surface area contributed by atoms with Crippen molar-refractivity contribution in [3.63, 3.8) is 0 Å². The summed E-state index contributed by atoms with van der Waals surface area (Å²) in [4.78, 5) is 16.2. The van der Waals surface area contributed by atoms with E-state index in [0.717, 1.165) is 5.56 Å². The number of rotatable bonds is 3. The van der Waals surface area contributed by atoms with Gasteiger partial charge in [0, 0.05) is 11.1 Å². The van der Waals surface area contributed by atoms with Gasteiger partial charge in [-0.25, -0.2) is 4.98 Å². The minimum absolute atomic E-state index is 0.140. The first kappa shape index (κ1) is 13.8. The topological polar surface area (TPSA) is 76.2 Å². The van der Waals surface area contributed by atoms with Crippen LogP contribution in [0.1, 0.15) is 10.4 Å². The van der Waals surface area contributed by atoms with Crippen molar-refractivity contribution >= 4 is 5.91 Å². The number of aromatic hydroxyl groups is 1. The number of hydrogen-bond donors (Lipinski definition) is 2. The third-order valence-electron chi connectivity index (χ3n) is 3.39. The maximum absolute atomic E-state index is 11.6. The Labute approximate surface area is 127 Å². The Kier molecular flexibility index (Phi) is 3.58. The highest BCUT2D eigenvalue weighted by atomic mass is 16.3. The molecule has 0 fully saturated rings. The monoisotopic (exact) mass is 290 g/mol. The molecule has 22 heavy (non-hydrogen) atoms. The third kappa shape index (κ3) is 2.54. The summed E-state index contributed by atoms with van der Waals surface area (Å²) in [5.74, 6) is -0.393. The van der Waals surface area contributed by atoms with Crippen molar-refractivity contribution in [1.82, 2.24) is 4.98 Å². The van der Waals surface area contributed by atoms with Crippen molar-refractivity contribution in [1.29, 1.82) is 0 Å². The van der Waals surface area contributed by atoms with Gasteiger partial charge in [-0.3, -0.25) is 4.79 Å². The van der Waals surface area contributed by atoms with Crippen molar-refractivity contribution in [2.45, 2.75) is 0 Å². The highest BCUT2D eigenvalue weighted by Gasteiger charge is 2.14. The number of hydrogen-bond acceptors (Lipinski definition) is 3. The lowest BCUT2D eigenvalue weighted by Crippen LogP contribution is -2.13. The number of para-hydroxylation sites is 1. The fourth-order valence-electron chi connectivity index (χ4n) is 2.31. The normalized spacial score (nSPS) is 10.4. The van der Waals surface area contributed by atoms with E-state index in [1.54, 1.807) is 30.3 Å². The molecule has 0 spiro atoms. The second-order valence-corrected chi connectivity index (χ2v) is 4.84. The fraction of sp³-hybridized carbons (Fsp3) is 0. The molecule has 0 saturated carbocycles. The van der Waals surface area contributed by atoms with Gasteiger partial charge in [0.05, 0.1) is 17.0 Å². The first-order valence-electron chi connectivity index (χ1n) is 6.81. The Bertz CT molecular complexity index is 830. The molecule has 3 aromatic rings. The molecule has 108 valence electrons. The summed E-state index contributed by atoms with van der Waals surface area (Å²) < 4.78 is 0. The number of phenolic OH excluding ortho intramolecular Hbond substituents is 1. The number of phenols is 1. The van der Waals surface area contributed by atoms with Gasteiger partial charge in [0.2, 0.25) is 0 Å². The summed E-state index contributed by atoms with van der Waals surface area (Å²) in [6, 6.07) is 19.6. The van der Waals surface area contributed by atoms with Gasteiger partial charge in [-0.1, -0.05) is 42.5 Å². The Morgan fingerprint density at radius 1 is 0.909 bits per heavy atom. The molecule has 0 bridgehead atoms. The second-order valence-electron chi connectivity index (χ2n) is 4.84. The quantitative estimate of drug-likeness (QED) is 0.777. The molecule has 0 radical (unpaired) electrons. The minimum Gasteiger partial charge on any atom is -0.507 e. The molecule has 0 aliphatic rings. The van der Waals surface area contributed by atoms with E-state index in [-0.39, 0.29) is 5.75 Å². The lowest BCUT2D eigenvalue weighted by atomic mass is 10.0. The van der Waals surface area contributed by atoms with Crippen LogP contribution in [0.5, 0.6) is 5.75 Å². The zero-order valence-corrected chi connectivity index (χ0v) is 11.7. The molecule has 0 unspecified atom stereocenters. The smallest absolute Gasteiger partial charge is 0.250 e. The number of benzene rings is 2. The first-order valence-corrected chi connectivity index (χ1v) is 6.81. The van der Waals surface area contributed by atoms with E-state index >= 15 is 0 Å². The van der Waals surface area contributed by atoms with Crippen LogP contribution in [-0.4, -0.2) is 16.0 Å². The van der Waals surface area contributed by atoms with Crippen LogP contribution in [0.25, 0.3) is 22.5 Å². The minimum atomic E-state index is -0.532. The number of nitrogens with two attached hydrogens (primary N) is 1. The molecule has 3 N–H and O–H groups in total. The van der Waals surface area contributed by atoms with E-state index < -0.39 is 5.91 Å². The summed E-state index contributed by atoms with van der Waals surface area (Å²) in [7, 11) is 0. The van der Waals surface area contributed by atoms with Crippen molar-refractivity contribution in [3.8, 4) is 28.3 Å². The number of aromatic nitrogens is 1. The van der Waals surface area contributed by atoms with Crippen LogP contribution in [0.2, 0.25) is 0 Å². The summed E-state index contributed by atoms with van der Waals surface area (Å²) in [6.45, 7) is 0. The molecule has 3 rings (SSSR count). The Morgan fingerprint density at radius 3 is 2.27 bits per heavy atom. The molecule has 1 aromatic heterocycles. The summed E-state index contributed by atoms with van der Waals surface area (Å²) in [5.41, 5.74) is 8.29. The maximum atomic E-state index is 11.6. The summed E-state index contributed by atoms with van der Waals surface area (Å²) in [5, 5.41) is 9.97. The van der Waals surface area contributed by atoms with Crippen LogP contribution >= 0.6 is 0 Å². The molecular weight excluding hydrogens is 276 g/mol. The van der Waals surface area contributed by atoms with Gasteiger partial charge in [-0.05, 0) is 24.3 Å². The van der Waals surface area contributed by atoms with Gasteiger partial charge in [0.1, 0.15) is 5.75 Å². The van der Waals surface area contributed by atoms with E-state index in [4.69, 9.17) is 5.73 Å². The lowest BCUT2D eigenvalue weighted by molar-refractivity contribution is 0.100. The van der Waals surface area contributed by atoms with Gasteiger partial charge >= 0.3 is 0 Å². The van der Waals surface area contributed by atoms with Gasteiger partial charge < -0.3 is 10.8 Å². The molecule has 0 aliphatic heterocycles. The van der Waals surface area contributed by atoms with Crippen molar-refractivity contribution < 1.29 is 9.90 Å². The van der Waals surface area contributed by atoms with E-state index in [2.05, 4.69) is 4.98 Å².